The SMILES string of the molecule is C[n+]1ccc(Oc2ccccc2/C=C/c2ccc(-c3ccc(/C=C/c4ccccc4Oc4cc[n+](C)cc4)cc3)cc2)cc1. The number of hydrogen-bond acceptors (Lipinski definition) is 2. The third-order valence-electron chi connectivity index (χ3n) is 7.25. The Morgan fingerprint density at radius 3 is 1.16 bits per heavy atom. The Balaban J connectivity index is 1.11. The Bertz CT molecular complexity index is 1750. The molecule has 0 aliphatic heterocycles. The maximum atomic E-state index is 6.14. The van der Waals surface area contributed by atoms with Crippen LogP contribution >= 0.6 is 0 Å². The van der Waals surface area contributed by atoms with E-state index < -0.39 is 0 Å². The van der Waals surface area contributed by atoms with Crippen LogP contribution < -0.4 is 18.6 Å². The number of nitrogens with zero attached hydrogens (tertiary/aromatic N) is 2. The second-order valence-electron chi connectivity index (χ2n) is 10.6. The second kappa shape index (κ2) is 13.5. The highest BCUT2D eigenvalue weighted by molar-refractivity contribution is 5.76. The molecule has 4 nitrogen and oxygen atoms in total. The van der Waals surface area contributed by atoms with Gasteiger partial charge in [0.05, 0.1) is 0 Å². The molecule has 0 aliphatic carbocycles. The lowest BCUT2D eigenvalue weighted by Crippen LogP contribution is -2.25. The zero-order valence-electron chi connectivity index (χ0n) is 24.9. The van der Waals surface area contributed by atoms with Crippen molar-refractivity contribution in [3.8, 4) is 34.1 Å². The highest BCUT2D eigenvalue weighted by atomic mass is 16.5. The van der Waals surface area contributed by atoms with Gasteiger partial charge in [0.2, 0.25) is 0 Å². The molecule has 0 radical (unpaired) electrons. The normalized spacial score (nSPS) is 11.2. The third-order valence-corrected chi connectivity index (χ3v) is 7.25. The summed E-state index contributed by atoms with van der Waals surface area (Å²) in [6, 6.07) is 41.2. The Morgan fingerprint density at radius 1 is 0.409 bits per heavy atom. The molecule has 6 rings (SSSR count). The molecule has 4 heteroatoms. The van der Waals surface area contributed by atoms with Gasteiger partial charge in [-0.1, -0.05) is 109 Å². The molecule has 0 N–H and O–H groups in total. The molecule has 0 fully saturated rings. The topological polar surface area (TPSA) is 26.2 Å². The molecule has 0 bridgehead atoms. The molecule has 0 unspecified atom stereocenters. The van der Waals surface area contributed by atoms with Crippen LogP contribution in [-0.2, 0) is 14.1 Å². The maximum Gasteiger partial charge on any atom is 0.172 e. The summed E-state index contributed by atoms with van der Waals surface area (Å²) in [4.78, 5) is 0. The molecule has 2 heterocycles. The van der Waals surface area contributed by atoms with E-state index in [2.05, 4.69) is 85.0 Å². The smallest absolute Gasteiger partial charge is 0.172 e. The van der Waals surface area contributed by atoms with Crippen LogP contribution in [-0.4, -0.2) is 0 Å². The van der Waals surface area contributed by atoms with E-state index >= 15 is 0 Å². The molecule has 44 heavy (non-hydrogen) atoms. The van der Waals surface area contributed by atoms with Gasteiger partial charge in [0.1, 0.15) is 37.1 Å². The van der Waals surface area contributed by atoms with E-state index in [9.17, 15) is 0 Å². The highest BCUT2D eigenvalue weighted by Gasteiger charge is 2.05. The number of rotatable bonds is 9. The fourth-order valence-electron chi connectivity index (χ4n) is 4.73. The first-order valence-corrected chi connectivity index (χ1v) is 14.6. The minimum atomic E-state index is 0.811. The molecule has 0 spiro atoms. The summed E-state index contributed by atoms with van der Waals surface area (Å²) in [6.45, 7) is 0. The predicted octanol–water partition coefficient (Wildman–Crippen LogP) is 8.93. The zero-order valence-corrected chi connectivity index (χ0v) is 24.9. The van der Waals surface area contributed by atoms with E-state index in [0.717, 1.165) is 45.3 Å². The van der Waals surface area contributed by atoms with Crippen molar-refractivity contribution in [3.63, 3.8) is 0 Å². The number of aryl methyl sites for hydroxylation is 2. The van der Waals surface area contributed by atoms with Crippen LogP contribution in [0.4, 0.5) is 0 Å². The van der Waals surface area contributed by atoms with Crippen molar-refractivity contribution in [2.75, 3.05) is 0 Å². The molecule has 0 amide bonds. The van der Waals surface area contributed by atoms with Crippen LogP contribution in [0, 0.1) is 0 Å². The Labute approximate surface area is 259 Å². The predicted molar refractivity (Wildman–Crippen MR) is 178 cm³/mol. The lowest BCUT2D eigenvalue weighted by molar-refractivity contribution is -0.671. The average Bonchev–Trinajstić information content (AvgIpc) is 3.06. The van der Waals surface area contributed by atoms with Gasteiger partial charge in [-0.25, -0.2) is 9.13 Å². The molecule has 0 saturated carbocycles. The van der Waals surface area contributed by atoms with Crippen molar-refractivity contribution < 1.29 is 18.6 Å². The fourth-order valence-corrected chi connectivity index (χ4v) is 4.73. The lowest BCUT2D eigenvalue weighted by atomic mass is 10.0. The van der Waals surface area contributed by atoms with E-state index in [4.69, 9.17) is 9.47 Å². The first-order chi connectivity index (χ1) is 21.6. The maximum absolute atomic E-state index is 6.14. The van der Waals surface area contributed by atoms with Gasteiger partial charge in [0.15, 0.2) is 24.8 Å². The van der Waals surface area contributed by atoms with Crippen LogP contribution in [0.5, 0.6) is 23.0 Å². The van der Waals surface area contributed by atoms with Crippen LogP contribution in [0.15, 0.2) is 146 Å². The Hall–Kier alpha value is -5.74. The fraction of sp³-hybridized carbons (Fsp3) is 0.0500. The van der Waals surface area contributed by atoms with Crippen LogP contribution in [0.25, 0.3) is 35.4 Å². The quantitative estimate of drug-likeness (QED) is 0.127. The van der Waals surface area contributed by atoms with E-state index in [-0.39, 0.29) is 0 Å². The summed E-state index contributed by atoms with van der Waals surface area (Å²) in [7, 11) is 3.98. The van der Waals surface area contributed by atoms with Crippen LogP contribution in [0.2, 0.25) is 0 Å². The van der Waals surface area contributed by atoms with Crippen molar-refractivity contribution in [1.82, 2.24) is 0 Å². The molecule has 0 saturated heterocycles. The van der Waals surface area contributed by atoms with E-state index in [1.165, 1.54) is 11.1 Å². The molecular weight excluding hydrogens is 540 g/mol. The van der Waals surface area contributed by atoms with Crippen molar-refractivity contribution in [2.24, 2.45) is 14.1 Å². The molecule has 2 aromatic heterocycles. The monoisotopic (exact) mass is 574 g/mol. The summed E-state index contributed by atoms with van der Waals surface area (Å²) in [5.74, 6) is 3.27. The second-order valence-corrected chi connectivity index (χ2v) is 10.6. The van der Waals surface area contributed by atoms with E-state index in [1.807, 2.05) is 109 Å². The number of hydrogen-bond donors (Lipinski definition) is 0. The van der Waals surface area contributed by atoms with Gasteiger partial charge in [-0.3, -0.25) is 0 Å². The number of ether oxygens (including phenoxy) is 2. The van der Waals surface area contributed by atoms with Crippen molar-refractivity contribution in [3.05, 3.63) is 168 Å². The Kier molecular flexibility index (Phi) is 8.70. The average molecular weight is 575 g/mol. The van der Waals surface area contributed by atoms with E-state index in [0.29, 0.717) is 0 Å². The minimum Gasteiger partial charge on any atom is -0.456 e. The van der Waals surface area contributed by atoms with Crippen molar-refractivity contribution >= 4 is 24.3 Å². The lowest BCUT2D eigenvalue weighted by Gasteiger charge is -2.08. The van der Waals surface area contributed by atoms with Crippen molar-refractivity contribution in [1.29, 1.82) is 0 Å². The van der Waals surface area contributed by atoms with Crippen molar-refractivity contribution in [2.45, 2.75) is 0 Å². The molecule has 4 aromatic carbocycles. The minimum absolute atomic E-state index is 0.811. The van der Waals surface area contributed by atoms with Gasteiger partial charge >= 0.3 is 0 Å². The van der Waals surface area contributed by atoms with Crippen LogP contribution in [0.3, 0.4) is 0 Å². The first-order valence-electron chi connectivity index (χ1n) is 14.6. The zero-order chi connectivity index (χ0) is 30.1. The van der Waals surface area contributed by atoms with Gasteiger partial charge in [-0.15, -0.1) is 0 Å². The molecule has 0 atom stereocenters. The number of para-hydroxylation sites is 2. The Morgan fingerprint density at radius 2 is 0.773 bits per heavy atom. The first kappa shape index (κ1) is 28.4. The summed E-state index contributed by atoms with van der Waals surface area (Å²) in [5, 5.41) is 0. The largest absolute Gasteiger partial charge is 0.456 e. The van der Waals surface area contributed by atoms with Gasteiger partial charge in [0.25, 0.3) is 0 Å². The van der Waals surface area contributed by atoms with Gasteiger partial charge in [-0.2, -0.15) is 0 Å². The van der Waals surface area contributed by atoms with Gasteiger partial charge in [-0.05, 0) is 34.4 Å². The van der Waals surface area contributed by atoms with E-state index in [1.54, 1.807) is 0 Å². The standard InChI is InChI=1S/C40H34N2O2/c1-41-27-23-37(24-28-41)43-39-9-5-3-7-35(39)21-15-31-11-17-33(18-12-31)34-19-13-32(14-20-34)16-22-36-8-4-6-10-40(36)44-38-25-29-42(2)30-26-38/h3-30H,1-2H3/q+2/b21-15+,22-16+. The number of benzene rings is 4. The molecule has 6 aromatic rings. The summed E-state index contributed by atoms with van der Waals surface area (Å²) in [5.41, 5.74) is 6.65. The number of pyridine rings is 2. The highest BCUT2D eigenvalue weighted by Crippen LogP contribution is 2.28. The van der Waals surface area contributed by atoms with Gasteiger partial charge in [0, 0.05) is 35.4 Å². The summed E-state index contributed by atoms with van der Waals surface area (Å²) < 4.78 is 16.2. The molecule has 214 valence electrons. The third kappa shape index (κ3) is 7.36. The summed E-state index contributed by atoms with van der Waals surface area (Å²) >= 11 is 0. The summed E-state index contributed by atoms with van der Waals surface area (Å²) in [6.07, 6.45) is 16.3. The number of aromatic nitrogens is 2. The van der Waals surface area contributed by atoms with Crippen LogP contribution in [0.1, 0.15) is 22.3 Å². The molecular formula is C40H34N2O2+2. The molecule has 0 aliphatic rings. The van der Waals surface area contributed by atoms with Gasteiger partial charge < -0.3 is 9.47 Å².